The fraction of sp³-hybridized carbons (Fsp3) is 0.667. The summed E-state index contributed by atoms with van der Waals surface area (Å²) in [5.74, 6) is 0.669. The van der Waals surface area contributed by atoms with Crippen LogP contribution in [0.2, 0.25) is 0 Å². The van der Waals surface area contributed by atoms with Crippen molar-refractivity contribution in [3.05, 3.63) is 18.2 Å². The smallest absolute Gasteiger partial charge is 0.309 e. The Balaban J connectivity index is 2.02. The molecule has 0 spiro atoms. The van der Waals surface area contributed by atoms with Crippen LogP contribution >= 0.6 is 0 Å². The van der Waals surface area contributed by atoms with E-state index >= 15 is 0 Å². The molecule has 0 bridgehead atoms. The Hall–Kier alpha value is -1.32. The number of hydrogen-bond acceptors (Lipinski definition) is 2. The van der Waals surface area contributed by atoms with E-state index in [9.17, 15) is 9.90 Å². The van der Waals surface area contributed by atoms with Crippen LogP contribution in [0.5, 0.6) is 0 Å². The molecule has 0 aromatic carbocycles. The molecule has 0 amide bonds. The normalized spacial score (nSPS) is 19.4. The highest BCUT2D eigenvalue weighted by atomic mass is 16.4. The van der Waals surface area contributed by atoms with E-state index in [1.54, 1.807) is 6.20 Å². The van der Waals surface area contributed by atoms with E-state index in [1.807, 2.05) is 24.7 Å². The molecule has 1 fully saturated rings. The van der Waals surface area contributed by atoms with Gasteiger partial charge in [0.25, 0.3) is 0 Å². The number of aryl methyl sites for hydroxylation is 2. The third-order valence-corrected chi connectivity index (χ3v) is 3.76. The first kappa shape index (κ1) is 11.2. The van der Waals surface area contributed by atoms with Gasteiger partial charge >= 0.3 is 5.97 Å². The minimum absolute atomic E-state index is 0.366. The van der Waals surface area contributed by atoms with Crippen LogP contribution < -0.4 is 0 Å². The number of imidazole rings is 1. The van der Waals surface area contributed by atoms with Crippen molar-refractivity contribution < 1.29 is 9.90 Å². The Morgan fingerprint density at radius 3 is 2.81 bits per heavy atom. The molecule has 1 saturated carbocycles. The maximum absolute atomic E-state index is 11.3. The molecule has 88 valence electrons. The van der Waals surface area contributed by atoms with Crippen molar-refractivity contribution in [2.45, 2.75) is 32.6 Å². The first-order valence-electron chi connectivity index (χ1n) is 5.73. The van der Waals surface area contributed by atoms with Gasteiger partial charge in [0, 0.05) is 25.9 Å². The predicted molar refractivity (Wildman–Crippen MR) is 60.0 cm³/mol. The summed E-state index contributed by atoms with van der Waals surface area (Å²) in [7, 11) is 1.94. The van der Waals surface area contributed by atoms with E-state index in [1.165, 1.54) is 0 Å². The molecular weight excluding hydrogens is 204 g/mol. The lowest BCUT2D eigenvalue weighted by Crippen LogP contribution is -2.30. The highest BCUT2D eigenvalue weighted by Crippen LogP contribution is 2.48. The number of hydrogen-bond donors (Lipinski definition) is 1. The zero-order valence-corrected chi connectivity index (χ0v) is 9.81. The molecule has 4 heteroatoms. The van der Waals surface area contributed by atoms with Gasteiger partial charge in [-0.15, -0.1) is 0 Å². The summed E-state index contributed by atoms with van der Waals surface area (Å²) in [6, 6.07) is 0. The van der Waals surface area contributed by atoms with Crippen molar-refractivity contribution in [1.82, 2.24) is 9.55 Å². The third kappa shape index (κ3) is 1.96. The average molecular weight is 222 g/mol. The summed E-state index contributed by atoms with van der Waals surface area (Å²) in [4.78, 5) is 15.5. The van der Waals surface area contributed by atoms with E-state index in [4.69, 9.17) is 0 Å². The second-order valence-electron chi connectivity index (χ2n) is 4.95. The van der Waals surface area contributed by atoms with Crippen LogP contribution in [0.25, 0.3) is 0 Å². The number of aliphatic carboxylic acids is 1. The zero-order chi connectivity index (χ0) is 11.8. The van der Waals surface area contributed by atoms with Crippen molar-refractivity contribution in [2.24, 2.45) is 18.4 Å². The predicted octanol–water partition coefficient (Wildman–Crippen LogP) is 1.85. The number of rotatable bonds is 5. The van der Waals surface area contributed by atoms with Gasteiger partial charge in [0.2, 0.25) is 0 Å². The van der Waals surface area contributed by atoms with Crippen molar-refractivity contribution in [3.63, 3.8) is 0 Å². The Morgan fingerprint density at radius 1 is 1.69 bits per heavy atom. The molecule has 0 radical (unpaired) electrons. The Bertz CT molecular complexity index is 395. The summed E-state index contributed by atoms with van der Waals surface area (Å²) in [5.41, 5.74) is -0.564. The summed E-state index contributed by atoms with van der Waals surface area (Å²) < 4.78 is 1.95. The Morgan fingerprint density at radius 2 is 2.38 bits per heavy atom. The highest BCUT2D eigenvalue weighted by Gasteiger charge is 2.46. The van der Waals surface area contributed by atoms with Gasteiger partial charge in [-0.25, -0.2) is 4.98 Å². The van der Waals surface area contributed by atoms with Gasteiger partial charge in [-0.1, -0.05) is 0 Å². The van der Waals surface area contributed by atoms with Crippen LogP contribution in [0.1, 0.15) is 32.0 Å². The van der Waals surface area contributed by atoms with Crippen LogP contribution in [0.3, 0.4) is 0 Å². The lowest BCUT2D eigenvalue weighted by molar-refractivity contribution is -0.149. The molecule has 1 heterocycles. The number of aromatic nitrogens is 2. The van der Waals surface area contributed by atoms with E-state index in [-0.39, 0.29) is 0 Å². The van der Waals surface area contributed by atoms with Gasteiger partial charge in [-0.3, -0.25) is 4.79 Å². The molecule has 1 aromatic rings. The quantitative estimate of drug-likeness (QED) is 0.827. The molecule has 1 atom stereocenters. The van der Waals surface area contributed by atoms with Crippen LogP contribution in [0.15, 0.2) is 12.4 Å². The molecule has 2 rings (SSSR count). The SMILES string of the molecule is Cn1ccnc1CCC(C)(C(=O)O)C1CC1. The van der Waals surface area contributed by atoms with Crippen LogP contribution in [0, 0.1) is 11.3 Å². The van der Waals surface area contributed by atoms with Gasteiger partial charge in [-0.05, 0) is 32.1 Å². The number of carbonyl (C=O) groups is 1. The summed E-state index contributed by atoms with van der Waals surface area (Å²) in [6.07, 6.45) is 7.18. The van der Waals surface area contributed by atoms with Crippen molar-refractivity contribution >= 4 is 5.97 Å². The molecule has 1 N–H and O–H groups in total. The summed E-state index contributed by atoms with van der Waals surface area (Å²) >= 11 is 0. The van der Waals surface area contributed by atoms with E-state index in [2.05, 4.69) is 4.98 Å². The zero-order valence-electron chi connectivity index (χ0n) is 9.81. The van der Waals surface area contributed by atoms with Gasteiger partial charge in [0.1, 0.15) is 5.82 Å². The maximum Gasteiger partial charge on any atom is 0.309 e. The Kier molecular flexibility index (Phi) is 2.74. The molecule has 0 aliphatic heterocycles. The van der Waals surface area contributed by atoms with Gasteiger partial charge < -0.3 is 9.67 Å². The molecular formula is C12H18N2O2. The largest absolute Gasteiger partial charge is 0.481 e. The summed E-state index contributed by atoms with van der Waals surface area (Å²) in [5, 5.41) is 9.31. The Labute approximate surface area is 95.3 Å². The summed E-state index contributed by atoms with van der Waals surface area (Å²) in [6.45, 7) is 1.87. The minimum Gasteiger partial charge on any atom is -0.481 e. The first-order valence-corrected chi connectivity index (χ1v) is 5.73. The molecule has 16 heavy (non-hydrogen) atoms. The van der Waals surface area contributed by atoms with Crippen LogP contribution in [-0.4, -0.2) is 20.6 Å². The average Bonchev–Trinajstić information content (AvgIpc) is 3.00. The van der Waals surface area contributed by atoms with Crippen LogP contribution in [0.4, 0.5) is 0 Å². The van der Waals surface area contributed by atoms with Crippen molar-refractivity contribution in [3.8, 4) is 0 Å². The number of nitrogens with zero attached hydrogens (tertiary/aromatic N) is 2. The van der Waals surface area contributed by atoms with Gasteiger partial charge in [0.05, 0.1) is 5.41 Å². The lowest BCUT2D eigenvalue weighted by Gasteiger charge is -2.24. The standard InChI is InChI=1S/C12H18N2O2/c1-12(11(15)16,9-3-4-9)6-5-10-13-7-8-14(10)2/h7-9H,3-6H2,1-2H3,(H,15,16). The topological polar surface area (TPSA) is 55.1 Å². The lowest BCUT2D eigenvalue weighted by atomic mass is 9.80. The molecule has 1 unspecified atom stereocenters. The third-order valence-electron chi connectivity index (χ3n) is 3.76. The van der Waals surface area contributed by atoms with Crippen molar-refractivity contribution in [1.29, 1.82) is 0 Å². The monoisotopic (exact) mass is 222 g/mol. The van der Waals surface area contributed by atoms with E-state index in [0.717, 1.165) is 25.1 Å². The second kappa shape index (κ2) is 3.92. The minimum atomic E-state index is -0.663. The molecule has 1 aliphatic carbocycles. The van der Waals surface area contributed by atoms with E-state index in [0.29, 0.717) is 12.3 Å². The van der Waals surface area contributed by atoms with E-state index < -0.39 is 11.4 Å². The van der Waals surface area contributed by atoms with Crippen LogP contribution in [-0.2, 0) is 18.3 Å². The number of carboxylic acids is 1. The molecule has 4 nitrogen and oxygen atoms in total. The fourth-order valence-electron chi connectivity index (χ4n) is 2.22. The maximum atomic E-state index is 11.3. The molecule has 0 saturated heterocycles. The second-order valence-corrected chi connectivity index (χ2v) is 4.95. The first-order chi connectivity index (χ1) is 7.54. The molecule has 1 aliphatic rings. The van der Waals surface area contributed by atoms with Gasteiger partial charge in [0.15, 0.2) is 0 Å². The van der Waals surface area contributed by atoms with Crippen molar-refractivity contribution in [2.75, 3.05) is 0 Å². The van der Waals surface area contributed by atoms with Gasteiger partial charge in [-0.2, -0.15) is 0 Å². The fourth-order valence-corrected chi connectivity index (χ4v) is 2.22. The highest BCUT2D eigenvalue weighted by molar-refractivity contribution is 5.75. The number of carboxylic acid groups (broad SMARTS) is 1. The molecule has 1 aromatic heterocycles.